The molecule has 0 aliphatic heterocycles. The van der Waals surface area contributed by atoms with E-state index in [-0.39, 0.29) is 11.3 Å². The van der Waals surface area contributed by atoms with Gasteiger partial charge in [0.1, 0.15) is 16.8 Å². The summed E-state index contributed by atoms with van der Waals surface area (Å²) in [7, 11) is -4.08. The molecule has 1 unspecified atom stereocenters. The molecule has 32 heavy (non-hydrogen) atoms. The lowest BCUT2D eigenvalue weighted by molar-refractivity contribution is -0.117. The number of benzene rings is 3. The van der Waals surface area contributed by atoms with E-state index in [4.69, 9.17) is 0 Å². The Hall–Kier alpha value is -3.62. The Labute approximate surface area is 185 Å². The number of hydrogen-bond donors (Lipinski definition) is 2. The van der Waals surface area contributed by atoms with Crippen molar-refractivity contribution in [3.05, 3.63) is 103 Å². The van der Waals surface area contributed by atoms with E-state index in [1.54, 1.807) is 24.3 Å². The number of sulfonamides is 1. The molecule has 0 spiro atoms. The number of rotatable bonds is 7. The summed E-state index contributed by atoms with van der Waals surface area (Å²) >= 11 is 0. The summed E-state index contributed by atoms with van der Waals surface area (Å²) in [5, 5.41) is 3.32. The van der Waals surface area contributed by atoms with E-state index >= 15 is 0 Å². The molecule has 4 aromatic rings. The van der Waals surface area contributed by atoms with Crippen molar-refractivity contribution < 1.29 is 17.6 Å². The van der Waals surface area contributed by atoms with E-state index < -0.39 is 27.8 Å². The lowest BCUT2D eigenvalue weighted by Crippen LogP contribution is -2.45. The Morgan fingerprint density at radius 1 is 0.906 bits per heavy atom. The van der Waals surface area contributed by atoms with E-state index in [1.807, 2.05) is 30.3 Å². The van der Waals surface area contributed by atoms with Gasteiger partial charge in [-0.1, -0.05) is 48.5 Å². The molecular weight excluding hydrogens is 429 g/mol. The highest BCUT2D eigenvalue weighted by atomic mass is 32.2. The molecule has 162 valence electrons. The van der Waals surface area contributed by atoms with Gasteiger partial charge < -0.3 is 5.32 Å². The first-order chi connectivity index (χ1) is 15.4. The fourth-order valence-corrected chi connectivity index (χ4v) is 4.72. The molecule has 0 aliphatic rings. The highest BCUT2D eigenvalue weighted by Gasteiger charge is 2.27. The van der Waals surface area contributed by atoms with E-state index in [2.05, 4.69) is 15.0 Å². The van der Waals surface area contributed by atoms with Gasteiger partial charge in [-0.15, -0.1) is 0 Å². The third kappa shape index (κ3) is 4.99. The minimum Gasteiger partial charge on any atom is -0.325 e. The predicted octanol–water partition coefficient (Wildman–Crippen LogP) is 3.90. The van der Waals surface area contributed by atoms with Crippen molar-refractivity contribution in [2.75, 3.05) is 5.32 Å². The Morgan fingerprint density at radius 3 is 2.38 bits per heavy atom. The van der Waals surface area contributed by atoms with Crippen molar-refractivity contribution in [2.45, 2.75) is 17.4 Å². The van der Waals surface area contributed by atoms with Crippen LogP contribution in [0.15, 0.2) is 96.0 Å². The fraction of sp³-hybridized carbons (Fsp3) is 0.0833. The van der Waals surface area contributed by atoms with Crippen molar-refractivity contribution in [2.24, 2.45) is 0 Å². The van der Waals surface area contributed by atoms with Crippen LogP contribution in [0.3, 0.4) is 0 Å². The Morgan fingerprint density at radius 2 is 1.62 bits per heavy atom. The van der Waals surface area contributed by atoms with Crippen molar-refractivity contribution in [3.63, 3.8) is 0 Å². The number of fused-ring (bicyclic) bond motifs is 1. The molecule has 0 aliphatic carbocycles. The lowest BCUT2D eigenvalue weighted by Gasteiger charge is -2.19. The zero-order valence-corrected chi connectivity index (χ0v) is 17.7. The third-order valence-electron chi connectivity index (χ3n) is 4.89. The first-order valence-electron chi connectivity index (χ1n) is 9.89. The normalized spacial score (nSPS) is 12.4. The van der Waals surface area contributed by atoms with Crippen LogP contribution in [0.25, 0.3) is 10.9 Å². The molecule has 0 saturated heterocycles. The summed E-state index contributed by atoms with van der Waals surface area (Å²) in [5.74, 6) is -0.995. The van der Waals surface area contributed by atoms with Gasteiger partial charge in [-0.3, -0.25) is 9.78 Å². The maximum absolute atomic E-state index is 13.3. The van der Waals surface area contributed by atoms with Gasteiger partial charge >= 0.3 is 0 Å². The number of aromatic nitrogens is 1. The fourth-order valence-electron chi connectivity index (χ4n) is 3.34. The number of anilines is 1. The molecule has 0 radical (unpaired) electrons. The minimum atomic E-state index is -4.08. The van der Waals surface area contributed by atoms with E-state index in [0.29, 0.717) is 16.6 Å². The van der Waals surface area contributed by atoms with Crippen molar-refractivity contribution >= 4 is 32.5 Å². The summed E-state index contributed by atoms with van der Waals surface area (Å²) in [6, 6.07) is 21.6. The summed E-state index contributed by atoms with van der Waals surface area (Å²) in [5.41, 5.74) is 1.46. The number of nitrogens with zero attached hydrogens (tertiary/aromatic N) is 1. The maximum Gasteiger partial charge on any atom is 0.243 e. The first-order valence-corrected chi connectivity index (χ1v) is 11.4. The van der Waals surface area contributed by atoms with Crippen molar-refractivity contribution in [1.29, 1.82) is 0 Å². The average molecular weight is 450 g/mol. The van der Waals surface area contributed by atoms with Crippen LogP contribution in [0.2, 0.25) is 0 Å². The van der Waals surface area contributed by atoms with Gasteiger partial charge in [-0.05, 0) is 48.4 Å². The molecule has 0 fully saturated rings. The quantitative estimate of drug-likeness (QED) is 0.448. The average Bonchev–Trinajstić information content (AvgIpc) is 2.80. The molecule has 3 aromatic carbocycles. The minimum absolute atomic E-state index is 0.0109. The zero-order valence-electron chi connectivity index (χ0n) is 16.9. The molecule has 1 atom stereocenters. The molecule has 1 heterocycles. The van der Waals surface area contributed by atoms with Crippen molar-refractivity contribution in [1.82, 2.24) is 9.71 Å². The van der Waals surface area contributed by atoms with Crippen LogP contribution in [0.1, 0.15) is 5.56 Å². The smallest absolute Gasteiger partial charge is 0.243 e. The number of hydrogen-bond acceptors (Lipinski definition) is 4. The standard InChI is InChI=1S/C24H20FN3O3S/c25-19-11-13-20(14-12-19)27-24(29)21(16-17-6-2-1-3-7-17)28-32(30,31)22-10-4-8-18-9-5-15-26-23(18)22/h1-15,21,28H,16H2,(H,27,29). The molecule has 0 bridgehead atoms. The predicted molar refractivity (Wildman–Crippen MR) is 121 cm³/mol. The number of amides is 1. The van der Waals surface area contributed by atoms with Crippen LogP contribution < -0.4 is 10.0 Å². The molecule has 1 amide bonds. The van der Waals surface area contributed by atoms with E-state index in [1.165, 1.54) is 36.5 Å². The largest absolute Gasteiger partial charge is 0.325 e. The maximum atomic E-state index is 13.3. The number of carbonyl (C=O) groups is 1. The van der Waals surface area contributed by atoms with Gasteiger partial charge in [0.2, 0.25) is 15.9 Å². The number of para-hydroxylation sites is 1. The monoisotopic (exact) mass is 449 g/mol. The van der Waals surface area contributed by atoms with Gasteiger partial charge in [0.25, 0.3) is 0 Å². The highest BCUT2D eigenvalue weighted by Crippen LogP contribution is 2.21. The van der Waals surface area contributed by atoms with Crippen LogP contribution in [0.5, 0.6) is 0 Å². The van der Waals surface area contributed by atoms with Crippen LogP contribution in [-0.4, -0.2) is 25.4 Å². The number of pyridine rings is 1. The van der Waals surface area contributed by atoms with Gasteiger partial charge in [-0.2, -0.15) is 4.72 Å². The number of halogens is 1. The zero-order chi connectivity index (χ0) is 22.6. The number of nitrogens with one attached hydrogen (secondary N) is 2. The molecule has 4 rings (SSSR count). The SMILES string of the molecule is O=C(Nc1ccc(F)cc1)C(Cc1ccccc1)NS(=O)(=O)c1cccc2cccnc12. The second-order valence-electron chi connectivity index (χ2n) is 7.19. The summed E-state index contributed by atoms with van der Waals surface area (Å²) in [6.07, 6.45) is 1.65. The topological polar surface area (TPSA) is 88.2 Å². The molecule has 2 N–H and O–H groups in total. The molecule has 0 saturated carbocycles. The van der Waals surface area contributed by atoms with Gasteiger partial charge in [0.15, 0.2) is 0 Å². The van der Waals surface area contributed by atoms with E-state index in [0.717, 1.165) is 5.56 Å². The highest BCUT2D eigenvalue weighted by molar-refractivity contribution is 7.89. The van der Waals surface area contributed by atoms with Gasteiger partial charge in [-0.25, -0.2) is 12.8 Å². The summed E-state index contributed by atoms with van der Waals surface area (Å²) in [4.78, 5) is 17.2. The van der Waals surface area contributed by atoms with Crippen LogP contribution in [0, 0.1) is 5.82 Å². The van der Waals surface area contributed by atoms with Gasteiger partial charge in [0.05, 0.1) is 5.52 Å². The molecule has 6 nitrogen and oxygen atoms in total. The second-order valence-corrected chi connectivity index (χ2v) is 8.87. The van der Waals surface area contributed by atoms with Crippen molar-refractivity contribution in [3.8, 4) is 0 Å². The lowest BCUT2D eigenvalue weighted by atomic mass is 10.1. The second kappa shape index (κ2) is 9.25. The molecule has 1 aromatic heterocycles. The first kappa shape index (κ1) is 21.6. The van der Waals surface area contributed by atoms with E-state index in [9.17, 15) is 17.6 Å². The Bertz CT molecular complexity index is 1340. The molecular formula is C24H20FN3O3S. The Kier molecular flexibility index (Phi) is 6.25. The Balaban J connectivity index is 1.65. The van der Waals surface area contributed by atoms with Crippen LogP contribution in [0.4, 0.5) is 10.1 Å². The van der Waals surface area contributed by atoms with Crippen LogP contribution in [-0.2, 0) is 21.2 Å². The van der Waals surface area contributed by atoms with Gasteiger partial charge in [0, 0.05) is 17.3 Å². The summed E-state index contributed by atoms with van der Waals surface area (Å²) < 4.78 is 42.3. The van der Waals surface area contributed by atoms with Crippen LogP contribution >= 0.6 is 0 Å². The summed E-state index contributed by atoms with van der Waals surface area (Å²) in [6.45, 7) is 0. The molecule has 8 heteroatoms. The number of carbonyl (C=O) groups excluding carboxylic acids is 1. The third-order valence-corrected chi connectivity index (χ3v) is 6.40.